The molecule has 2 N–H and O–H groups in total. The first-order chi connectivity index (χ1) is 8.21. The number of benzene rings is 1. The molecule has 18 heavy (non-hydrogen) atoms. The van der Waals surface area contributed by atoms with E-state index in [1.54, 1.807) is 6.92 Å². The summed E-state index contributed by atoms with van der Waals surface area (Å²) in [4.78, 5) is 10.8. The van der Waals surface area contributed by atoms with Gasteiger partial charge in [0.05, 0.1) is 0 Å². The second kappa shape index (κ2) is 5.53. The van der Waals surface area contributed by atoms with Crippen LogP contribution >= 0.6 is 0 Å². The van der Waals surface area contributed by atoms with Crippen molar-refractivity contribution >= 4 is 5.97 Å². The van der Waals surface area contributed by atoms with E-state index in [0.29, 0.717) is 0 Å². The zero-order valence-electron chi connectivity index (χ0n) is 11.8. The highest BCUT2D eigenvalue weighted by molar-refractivity contribution is 5.72. The topological polar surface area (TPSA) is 49.3 Å². The number of carboxylic acids is 1. The average molecular weight is 249 g/mol. The summed E-state index contributed by atoms with van der Waals surface area (Å²) in [6.07, 6.45) is 0. The predicted molar refractivity (Wildman–Crippen MR) is 73.8 cm³/mol. The second-order valence-electron chi connectivity index (χ2n) is 5.82. The lowest BCUT2D eigenvalue weighted by Gasteiger charge is -2.21. The Balaban J connectivity index is 2.76. The number of hydrogen-bond donors (Lipinski definition) is 2. The van der Waals surface area contributed by atoms with Crippen molar-refractivity contribution in [2.75, 3.05) is 0 Å². The molecule has 0 heterocycles. The molecule has 0 aliphatic carbocycles. The molecule has 2 unspecified atom stereocenters. The Morgan fingerprint density at radius 3 is 2.06 bits per heavy atom. The minimum absolute atomic E-state index is 0.0325. The van der Waals surface area contributed by atoms with Crippen LogP contribution in [0.4, 0.5) is 0 Å². The average Bonchev–Trinajstić information content (AvgIpc) is 2.27. The maximum absolute atomic E-state index is 10.8. The first-order valence-electron chi connectivity index (χ1n) is 6.31. The van der Waals surface area contributed by atoms with E-state index in [-0.39, 0.29) is 11.5 Å². The van der Waals surface area contributed by atoms with E-state index >= 15 is 0 Å². The molecular formula is C15H23NO2. The molecule has 0 amide bonds. The van der Waals surface area contributed by atoms with Crippen molar-refractivity contribution in [3.63, 3.8) is 0 Å². The summed E-state index contributed by atoms with van der Waals surface area (Å²) in [7, 11) is 0. The van der Waals surface area contributed by atoms with E-state index in [1.165, 1.54) is 5.56 Å². The molecule has 100 valence electrons. The lowest BCUT2D eigenvalue weighted by molar-refractivity contribution is -0.139. The quantitative estimate of drug-likeness (QED) is 0.862. The number of aliphatic carboxylic acids is 1. The zero-order valence-corrected chi connectivity index (χ0v) is 11.8. The van der Waals surface area contributed by atoms with Crippen LogP contribution in [0.5, 0.6) is 0 Å². The largest absolute Gasteiger partial charge is 0.480 e. The maximum atomic E-state index is 10.8. The molecule has 3 nitrogen and oxygen atoms in total. The summed E-state index contributed by atoms with van der Waals surface area (Å²) in [5, 5.41) is 11.9. The fourth-order valence-electron chi connectivity index (χ4n) is 1.81. The van der Waals surface area contributed by atoms with Crippen LogP contribution in [0.3, 0.4) is 0 Å². The number of carbonyl (C=O) groups is 1. The molecule has 0 saturated carbocycles. The van der Waals surface area contributed by atoms with Crippen molar-refractivity contribution in [3.05, 3.63) is 35.4 Å². The van der Waals surface area contributed by atoms with Crippen LogP contribution in [0, 0.1) is 0 Å². The van der Waals surface area contributed by atoms with Gasteiger partial charge in [-0.1, -0.05) is 45.0 Å². The minimum Gasteiger partial charge on any atom is -0.480 e. The molecule has 0 bridgehead atoms. The molecule has 3 heteroatoms. The normalized spacial score (nSPS) is 15.2. The van der Waals surface area contributed by atoms with Crippen LogP contribution in [0.15, 0.2) is 24.3 Å². The van der Waals surface area contributed by atoms with Gasteiger partial charge >= 0.3 is 5.97 Å². The Hall–Kier alpha value is -1.35. The van der Waals surface area contributed by atoms with E-state index in [9.17, 15) is 4.79 Å². The molecule has 0 aliphatic rings. The monoisotopic (exact) mass is 249 g/mol. The van der Waals surface area contributed by atoms with Gasteiger partial charge in [0.15, 0.2) is 0 Å². The standard InChI is InChI=1S/C15H23NO2/c1-10(16-11(2)14(17)18)12-6-8-13(9-7-12)15(3,4)5/h6-11,16H,1-5H3,(H,17,18). The number of rotatable bonds is 4. The molecule has 0 saturated heterocycles. The summed E-state index contributed by atoms with van der Waals surface area (Å²) in [5.74, 6) is -0.826. The minimum atomic E-state index is -0.826. The predicted octanol–water partition coefficient (Wildman–Crippen LogP) is 3.11. The van der Waals surface area contributed by atoms with Gasteiger partial charge in [0.1, 0.15) is 6.04 Å². The molecule has 1 rings (SSSR count). The van der Waals surface area contributed by atoms with Gasteiger partial charge < -0.3 is 5.11 Å². The fourth-order valence-corrected chi connectivity index (χ4v) is 1.81. The summed E-state index contributed by atoms with van der Waals surface area (Å²) in [6, 6.07) is 7.84. The van der Waals surface area contributed by atoms with Crippen LogP contribution in [-0.4, -0.2) is 17.1 Å². The van der Waals surface area contributed by atoms with Crippen molar-refractivity contribution in [1.29, 1.82) is 0 Å². The Morgan fingerprint density at radius 2 is 1.67 bits per heavy atom. The third-order valence-corrected chi connectivity index (χ3v) is 3.15. The molecule has 0 aromatic heterocycles. The Kier molecular flexibility index (Phi) is 4.52. The van der Waals surface area contributed by atoms with Crippen LogP contribution < -0.4 is 5.32 Å². The molecule has 0 fully saturated rings. The van der Waals surface area contributed by atoms with E-state index in [0.717, 1.165) is 5.56 Å². The Bertz CT molecular complexity index is 403. The lowest BCUT2D eigenvalue weighted by Crippen LogP contribution is -2.35. The molecule has 0 aliphatic heterocycles. The Labute approximate surface area is 109 Å². The van der Waals surface area contributed by atoms with E-state index in [2.05, 4.69) is 50.4 Å². The number of hydrogen-bond acceptors (Lipinski definition) is 2. The first kappa shape index (κ1) is 14.7. The lowest BCUT2D eigenvalue weighted by atomic mass is 9.86. The summed E-state index contributed by atoms with van der Waals surface area (Å²) in [5.41, 5.74) is 2.53. The van der Waals surface area contributed by atoms with Crippen LogP contribution in [0.1, 0.15) is 51.8 Å². The third-order valence-electron chi connectivity index (χ3n) is 3.15. The molecule has 2 atom stereocenters. The van der Waals surface area contributed by atoms with E-state index in [1.807, 2.05) is 6.92 Å². The van der Waals surface area contributed by atoms with Gasteiger partial charge in [-0.3, -0.25) is 10.1 Å². The zero-order chi connectivity index (χ0) is 13.9. The molecule has 0 spiro atoms. The van der Waals surface area contributed by atoms with Crippen molar-refractivity contribution in [1.82, 2.24) is 5.32 Å². The number of carboxylic acid groups (broad SMARTS) is 1. The van der Waals surface area contributed by atoms with Crippen molar-refractivity contribution < 1.29 is 9.90 Å². The van der Waals surface area contributed by atoms with Gasteiger partial charge in [0.25, 0.3) is 0 Å². The second-order valence-corrected chi connectivity index (χ2v) is 5.82. The van der Waals surface area contributed by atoms with Gasteiger partial charge in [0, 0.05) is 6.04 Å². The van der Waals surface area contributed by atoms with Crippen LogP contribution in [-0.2, 0) is 10.2 Å². The van der Waals surface area contributed by atoms with Crippen molar-refractivity contribution in [3.8, 4) is 0 Å². The molecule has 1 aromatic carbocycles. The summed E-state index contributed by atoms with van der Waals surface area (Å²) < 4.78 is 0. The summed E-state index contributed by atoms with van der Waals surface area (Å²) >= 11 is 0. The smallest absolute Gasteiger partial charge is 0.320 e. The fraction of sp³-hybridized carbons (Fsp3) is 0.533. The first-order valence-corrected chi connectivity index (χ1v) is 6.31. The van der Waals surface area contributed by atoms with Gasteiger partial charge in [-0.2, -0.15) is 0 Å². The Morgan fingerprint density at radius 1 is 1.17 bits per heavy atom. The third kappa shape index (κ3) is 3.84. The molecular weight excluding hydrogens is 226 g/mol. The van der Waals surface area contributed by atoms with Gasteiger partial charge in [0.2, 0.25) is 0 Å². The van der Waals surface area contributed by atoms with Crippen molar-refractivity contribution in [2.45, 2.75) is 52.1 Å². The SMILES string of the molecule is CC(NC(C)c1ccc(C(C)(C)C)cc1)C(=O)O. The van der Waals surface area contributed by atoms with E-state index < -0.39 is 12.0 Å². The highest BCUT2D eigenvalue weighted by Crippen LogP contribution is 2.23. The number of nitrogens with one attached hydrogen (secondary N) is 1. The highest BCUT2D eigenvalue weighted by Gasteiger charge is 2.16. The molecule has 0 radical (unpaired) electrons. The highest BCUT2D eigenvalue weighted by atomic mass is 16.4. The maximum Gasteiger partial charge on any atom is 0.320 e. The van der Waals surface area contributed by atoms with Gasteiger partial charge in [-0.15, -0.1) is 0 Å². The van der Waals surface area contributed by atoms with Gasteiger partial charge in [-0.05, 0) is 30.4 Å². The van der Waals surface area contributed by atoms with Crippen LogP contribution in [0.25, 0.3) is 0 Å². The van der Waals surface area contributed by atoms with E-state index in [4.69, 9.17) is 5.11 Å². The van der Waals surface area contributed by atoms with Crippen LogP contribution in [0.2, 0.25) is 0 Å². The summed E-state index contributed by atoms with van der Waals surface area (Å²) in [6.45, 7) is 10.2. The molecule has 1 aromatic rings. The van der Waals surface area contributed by atoms with Gasteiger partial charge in [-0.25, -0.2) is 0 Å². The van der Waals surface area contributed by atoms with Crippen molar-refractivity contribution in [2.24, 2.45) is 0 Å².